The molecular formula is C42H56O6. The molecule has 48 heavy (non-hydrogen) atoms. The second-order valence-corrected chi connectivity index (χ2v) is 13.5. The lowest BCUT2D eigenvalue weighted by Crippen LogP contribution is -2.15. The number of aliphatic hydroxyl groups excluding tert-OH is 2. The minimum absolute atomic E-state index is 0.0900. The second-order valence-electron chi connectivity index (χ2n) is 13.5. The van der Waals surface area contributed by atoms with Gasteiger partial charge in [0.25, 0.3) is 0 Å². The van der Waals surface area contributed by atoms with E-state index in [0.29, 0.717) is 31.8 Å². The highest BCUT2D eigenvalue weighted by molar-refractivity contribution is 6.32. The van der Waals surface area contributed by atoms with E-state index < -0.39 is 11.8 Å². The summed E-state index contributed by atoms with van der Waals surface area (Å²) in [7, 11) is 0. The number of carbonyl (C=O) groups excluding carboxylic acids is 2. The van der Waals surface area contributed by atoms with Gasteiger partial charge in [0.1, 0.15) is 5.75 Å². The van der Waals surface area contributed by atoms with Crippen molar-refractivity contribution < 1.29 is 29.3 Å². The molecule has 6 nitrogen and oxygen atoms in total. The fourth-order valence-corrected chi connectivity index (χ4v) is 6.95. The Bertz CT molecular complexity index is 1430. The van der Waals surface area contributed by atoms with Crippen molar-refractivity contribution in [2.45, 2.75) is 104 Å². The molecule has 4 rings (SSSR count). The number of hydrogen-bond acceptors (Lipinski definition) is 6. The number of benzene rings is 3. The SMILES string of the molecule is CCCCCC1CCC(c2ccc(-c3ccc(-c4ccc(OCCC(CO)CO)c(CCCOC(=O)C(C)=O)c4)c(CC)c3)cc2)CC1. The summed E-state index contributed by atoms with van der Waals surface area (Å²) in [4.78, 5) is 22.9. The lowest BCUT2D eigenvalue weighted by molar-refractivity contribution is -0.153. The summed E-state index contributed by atoms with van der Waals surface area (Å²) in [6, 6.07) is 22.2. The molecule has 3 aromatic rings. The first kappa shape index (κ1) is 37.3. The van der Waals surface area contributed by atoms with E-state index in [1.165, 1.54) is 86.1 Å². The van der Waals surface area contributed by atoms with Gasteiger partial charge < -0.3 is 19.7 Å². The number of aryl methyl sites for hydroxylation is 2. The fourth-order valence-electron chi connectivity index (χ4n) is 6.95. The number of ketones is 1. The first-order valence-corrected chi connectivity index (χ1v) is 18.2. The minimum Gasteiger partial charge on any atom is -0.493 e. The van der Waals surface area contributed by atoms with Crippen molar-refractivity contribution in [3.05, 3.63) is 77.4 Å². The van der Waals surface area contributed by atoms with E-state index in [2.05, 4.69) is 68.4 Å². The van der Waals surface area contributed by atoms with Crippen LogP contribution < -0.4 is 4.74 Å². The average molecular weight is 657 g/mol. The number of hydrogen-bond donors (Lipinski definition) is 2. The summed E-state index contributed by atoms with van der Waals surface area (Å²) < 4.78 is 11.2. The molecule has 0 aliphatic heterocycles. The van der Waals surface area contributed by atoms with E-state index >= 15 is 0 Å². The summed E-state index contributed by atoms with van der Waals surface area (Å²) in [6.07, 6.45) is 13.4. The smallest absolute Gasteiger partial charge is 0.374 e. The largest absolute Gasteiger partial charge is 0.493 e. The minimum atomic E-state index is -0.818. The molecular weight excluding hydrogens is 600 g/mol. The highest BCUT2D eigenvalue weighted by Crippen LogP contribution is 2.39. The Labute approximate surface area is 287 Å². The molecule has 260 valence electrons. The van der Waals surface area contributed by atoms with Crippen LogP contribution in [0.5, 0.6) is 5.75 Å². The topological polar surface area (TPSA) is 93.1 Å². The molecule has 1 aliphatic carbocycles. The average Bonchev–Trinajstić information content (AvgIpc) is 3.12. The van der Waals surface area contributed by atoms with Crippen LogP contribution in [0.2, 0.25) is 0 Å². The van der Waals surface area contributed by atoms with Crippen molar-refractivity contribution in [1.82, 2.24) is 0 Å². The van der Waals surface area contributed by atoms with E-state index in [4.69, 9.17) is 9.47 Å². The normalized spacial score (nSPS) is 16.2. The molecule has 0 radical (unpaired) electrons. The van der Waals surface area contributed by atoms with Gasteiger partial charge >= 0.3 is 5.97 Å². The predicted molar refractivity (Wildman–Crippen MR) is 193 cm³/mol. The molecule has 0 saturated heterocycles. The van der Waals surface area contributed by atoms with Gasteiger partial charge in [-0.1, -0.05) is 88.1 Å². The van der Waals surface area contributed by atoms with Crippen LogP contribution in [0.25, 0.3) is 22.3 Å². The van der Waals surface area contributed by atoms with Gasteiger partial charge in [0, 0.05) is 26.1 Å². The highest BCUT2D eigenvalue weighted by atomic mass is 16.5. The van der Waals surface area contributed by atoms with Crippen molar-refractivity contribution in [1.29, 1.82) is 0 Å². The van der Waals surface area contributed by atoms with Crippen molar-refractivity contribution in [3.8, 4) is 28.0 Å². The van der Waals surface area contributed by atoms with Gasteiger partial charge in [0.05, 0.1) is 13.2 Å². The molecule has 2 N–H and O–H groups in total. The Morgan fingerprint density at radius 3 is 2.15 bits per heavy atom. The van der Waals surface area contributed by atoms with Gasteiger partial charge in [-0.2, -0.15) is 0 Å². The Kier molecular flexibility index (Phi) is 15.2. The zero-order valence-corrected chi connectivity index (χ0v) is 29.3. The molecule has 1 aliphatic rings. The zero-order valence-electron chi connectivity index (χ0n) is 29.3. The van der Waals surface area contributed by atoms with Crippen LogP contribution in [-0.2, 0) is 27.2 Å². The number of carbonyl (C=O) groups is 2. The van der Waals surface area contributed by atoms with Gasteiger partial charge in [0.15, 0.2) is 0 Å². The van der Waals surface area contributed by atoms with E-state index in [1.807, 2.05) is 6.07 Å². The lowest BCUT2D eigenvalue weighted by Gasteiger charge is -2.29. The molecule has 3 aromatic carbocycles. The van der Waals surface area contributed by atoms with Gasteiger partial charge in [-0.05, 0) is 114 Å². The number of aliphatic hydroxyl groups is 2. The van der Waals surface area contributed by atoms with E-state index in [9.17, 15) is 19.8 Å². The number of esters is 1. The zero-order chi connectivity index (χ0) is 34.3. The van der Waals surface area contributed by atoms with Gasteiger partial charge in [-0.3, -0.25) is 4.79 Å². The maximum atomic E-state index is 11.6. The summed E-state index contributed by atoms with van der Waals surface area (Å²) >= 11 is 0. The predicted octanol–water partition coefficient (Wildman–Crippen LogP) is 8.87. The fraction of sp³-hybridized carbons (Fsp3) is 0.524. The molecule has 0 aromatic heterocycles. The summed E-state index contributed by atoms with van der Waals surface area (Å²) in [5, 5.41) is 18.9. The van der Waals surface area contributed by atoms with Crippen molar-refractivity contribution >= 4 is 11.8 Å². The Balaban J connectivity index is 1.47. The second kappa shape index (κ2) is 19.5. The van der Waals surface area contributed by atoms with Crippen molar-refractivity contribution in [3.63, 3.8) is 0 Å². The molecule has 0 heterocycles. The molecule has 1 fully saturated rings. The van der Waals surface area contributed by atoms with Crippen LogP contribution >= 0.6 is 0 Å². The maximum absolute atomic E-state index is 11.6. The third-order valence-corrected chi connectivity index (χ3v) is 10.0. The first-order valence-electron chi connectivity index (χ1n) is 18.2. The molecule has 0 amide bonds. The summed E-state index contributed by atoms with van der Waals surface area (Å²) in [6.45, 7) is 6.01. The first-order chi connectivity index (χ1) is 23.4. The van der Waals surface area contributed by atoms with Crippen LogP contribution in [0.4, 0.5) is 0 Å². The van der Waals surface area contributed by atoms with E-state index in [0.717, 1.165) is 29.2 Å². The molecule has 1 saturated carbocycles. The Morgan fingerprint density at radius 2 is 1.48 bits per heavy atom. The molecule has 0 spiro atoms. The van der Waals surface area contributed by atoms with E-state index in [-0.39, 0.29) is 25.7 Å². The standard InChI is InChI=1S/C42H56O6/c1-4-6-7-9-31-11-13-34(14-12-31)35-15-17-36(18-16-35)37-19-21-40(33(5-2)26-37)38-20-22-41(47-25-23-32(28-43)29-44)39(27-38)10-8-24-48-42(46)30(3)45/h15-22,26-27,31-32,34,43-44H,4-14,23-25,28-29H2,1-3H3. The number of Topliss-reactive ketones (excluding diaryl/α,β-unsaturated/α-hetero) is 1. The summed E-state index contributed by atoms with van der Waals surface area (Å²) in [5.41, 5.74) is 8.44. The highest BCUT2D eigenvalue weighted by Gasteiger charge is 2.22. The number of ether oxygens (including phenoxy) is 2. The Hall–Kier alpha value is -3.48. The molecule has 0 atom stereocenters. The van der Waals surface area contributed by atoms with E-state index in [1.54, 1.807) is 0 Å². The number of rotatable bonds is 19. The Morgan fingerprint density at radius 1 is 0.792 bits per heavy atom. The third kappa shape index (κ3) is 10.8. The number of unbranched alkanes of at least 4 members (excludes halogenated alkanes) is 2. The lowest BCUT2D eigenvalue weighted by atomic mass is 9.77. The van der Waals surface area contributed by atoms with Crippen molar-refractivity contribution in [2.75, 3.05) is 26.4 Å². The third-order valence-electron chi connectivity index (χ3n) is 10.0. The van der Waals surface area contributed by atoms with Gasteiger partial charge in [-0.25, -0.2) is 4.79 Å². The monoisotopic (exact) mass is 656 g/mol. The van der Waals surface area contributed by atoms with Gasteiger partial charge in [-0.15, -0.1) is 0 Å². The molecule has 6 heteroatoms. The maximum Gasteiger partial charge on any atom is 0.374 e. The van der Waals surface area contributed by atoms with Crippen LogP contribution in [0.1, 0.15) is 108 Å². The van der Waals surface area contributed by atoms with Crippen LogP contribution in [0.3, 0.4) is 0 Å². The summed E-state index contributed by atoms with van der Waals surface area (Å²) in [5.74, 6) is 0.689. The van der Waals surface area contributed by atoms with Crippen LogP contribution in [0, 0.1) is 11.8 Å². The molecule has 0 bridgehead atoms. The quantitative estimate of drug-likeness (QED) is 0.0761. The van der Waals surface area contributed by atoms with Crippen LogP contribution in [0.15, 0.2) is 60.7 Å². The van der Waals surface area contributed by atoms with Crippen LogP contribution in [-0.4, -0.2) is 48.4 Å². The molecule has 0 unspecified atom stereocenters. The van der Waals surface area contributed by atoms with Crippen molar-refractivity contribution in [2.24, 2.45) is 11.8 Å². The van der Waals surface area contributed by atoms with Gasteiger partial charge in [0.2, 0.25) is 5.78 Å².